The second kappa shape index (κ2) is 7.36. The Kier molecular flexibility index (Phi) is 4.75. The second-order valence-corrected chi connectivity index (χ2v) is 6.78. The Morgan fingerprint density at radius 1 is 1.25 bits per heavy atom. The zero-order chi connectivity index (χ0) is 19.7. The normalized spacial score (nSPS) is 15.7. The molecule has 3 aromatic rings. The number of benzene rings is 2. The smallest absolute Gasteiger partial charge is 0.248 e. The molecule has 2 aromatic carbocycles. The van der Waals surface area contributed by atoms with Gasteiger partial charge in [-0.25, -0.2) is 4.68 Å². The Hall–Kier alpha value is -3.32. The number of ether oxygens (including phenoxy) is 1. The maximum atomic E-state index is 12.2. The second-order valence-electron chi connectivity index (χ2n) is 6.38. The van der Waals surface area contributed by atoms with Crippen LogP contribution in [0.5, 0.6) is 5.75 Å². The average molecular weight is 396 g/mol. The number of halogens is 1. The van der Waals surface area contributed by atoms with Crippen LogP contribution in [0.3, 0.4) is 0 Å². The van der Waals surface area contributed by atoms with Gasteiger partial charge in [0.1, 0.15) is 24.7 Å². The van der Waals surface area contributed by atoms with E-state index in [4.69, 9.17) is 22.1 Å². The molecule has 7 nitrogen and oxygen atoms in total. The van der Waals surface area contributed by atoms with Crippen molar-refractivity contribution in [2.45, 2.75) is 19.6 Å². The van der Waals surface area contributed by atoms with Gasteiger partial charge in [0, 0.05) is 21.8 Å². The number of allylic oxidation sites excluding steroid dienone is 1. The summed E-state index contributed by atoms with van der Waals surface area (Å²) in [4.78, 5) is 16.4. The predicted octanol–water partition coefficient (Wildman–Crippen LogP) is 3.28. The molecule has 1 amide bonds. The fourth-order valence-corrected chi connectivity index (χ4v) is 3.50. The number of primary amides is 1. The third-order valence-electron chi connectivity index (χ3n) is 4.61. The number of carbonyl (C=O) groups is 1. The standard InChI is InChI=1S/C20H18ClN5O2/c1-12-17(19(22)27)18(26-20(25-12)23-11-24-26)14-7-3-5-9-16(14)28-10-13-6-2-4-8-15(13)21/h2-9,11,18H,10H2,1H3,(H2,22,27)(H,23,24,25). The highest BCUT2D eigenvalue weighted by atomic mass is 35.5. The van der Waals surface area contributed by atoms with Gasteiger partial charge in [-0.3, -0.25) is 4.79 Å². The number of amides is 1. The van der Waals surface area contributed by atoms with Gasteiger partial charge in [-0.05, 0) is 19.1 Å². The fraction of sp³-hybridized carbons (Fsp3) is 0.150. The van der Waals surface area contributed by atoms with Crippen molar-refractivity contribution in [3.63, 3.8) is 0 Å². The van der Waals surface area contributed by atoms with Gasteiger partial charge >= 0.3 is 0 Å². The van der Waals surface area contributed by atoms with Crippen LogP contribution < -0.4 is 15.8 Å². The molecule has 0 saturated carbocycles. The number of fused-ring (bicyclic) bond motifs is 1. The third kappa shape index (κ3) is 3.20. The lowest BCUT2D eigenvalue weighted by molar-refractivity contribution is -0.115. The molecule has 1 atom stereocenters. The van der Waals surface area contributed by atoms with Crippen molar-refractivity contribution < 1.29 is 9.53 Å². The van der Waals surface area contributed by atoms with Gasteiger partial charge in [-0.15, -0.1) is 0 Å². The first-order valence-corrected chi connectivity index (χ1v) is 9.06. The first kappa shape index (κ1) is 18.1. The Bertz CT molecular complexity index is 1080. The highest BCUT2D eigenvalue weighted by Crippen LogP contribution is 2.38. The number of para-hydroxylation sites is 1. The Morgan fingerprint density at radius 3 is 2.79 bits per heavy atom. The van der Waals surface area contributed by atoms with Crippen molar-refractivity contribution in [1.82, 2.24) is 14.8 Å². The first-order chi connectivity index (χ1) is 13.6. The number of hydrogen-bond acceptors (Lipinski definition) is 5. The molecule has 28 heavy (non-hydrogen) atoms. The van der Waals surface area contributed by atoms with Crippen molar-refractivity contribution in [1.29, 1.82) is 0 Å². The van der Waals surface area contributed by atoms with E-state index in [1.165, 1.54) is 6.33 Å². The Labute approximate surface area is 166 Å². The highest BCUT2D eigenvalue weighted by Gasteiger charge is 2.34. The number of hydrogen-bond donors (Lipinski definition) is 2. The maximum absolute atomic E-state index is 12.2. The van der Waals surface area contributed by atoms with Crippen LogP contribution in [0.25, 0.3) is 0 Å². The van der Waals surface area contributed by atoms with Gasteiger partial charge in [0.2, 0.25) is 11.9 Å². The minimum absolute atomic E-state index is 0.292. The van der Waals surface area contributed by atoms with Crippen LogP contribution in [0, 0.1) is 0 Å². The van der Waals surface area contributed by atoms with E-state index >= 15 is 0 Å². The summed E-state index contributed by atoms with van der Waals surface area (Å²) in [6.45, 7) is 2.08. The number of nitrogens with one attached hydrogen (secondary N) is 1. The van der Waals surface area contributed by atoms with E-state index in [2.05, 4.69) is 15.4 Å². The lowest BCUT2D eigenvalue weighted by Crippen LogP contribution is -2.32. The van der Waals surface area contributed by atoms with Crippen LogP contribution >= 0.6 is 11.6 Å². The summed E-state index contributed by atoms with van der Waals surface area (Å²) in [5, 5.41) is 7.98. The molecule has 0 saturated heterocycles. The molecule has 3 N–H and O–H groups in total. The van der Waals surface area contributed by atoms with E-state index in [1.807, 2.05) is 48.5 Å². The Balaban J connectivity index is 1.75. The molecule has 8 heteroatoms. The molecule has 0 bridgehead atoms. The summed E-state index contributed by atoms with van der Waals surface area (Å²) >= 11 is 6.24. The largest absolute Gasteiger partial charge is 0.488 e. The predicted molar refractivity (Wildman–Crippen MR) is 106 cm³/mol. The number of anilines is 1. The average Bonchev–Trinajstić information content (AvgIpc) is 3.14. The van der Waals surface area contributed by atoms with Crippen molar-refractivity contribution >= 4 is 23.5 Å². The summed E-state index contributed by atoms with van der Waals surface area (Å²) in [6, 6.07) is 14.4. The van der Waals surface area contributed by atoms with E-state index in [9.17, 15) is 4.79 Å². The minimum atomic E-state index is -0.543. The van der Waals surface area contributed by atoms with Crippen LogP contribution in [0.2, 0.25) is 5.02 Å². The van der Waals surface area contributed by atoms with E-state index in [-0.39, 0.29) is 0 Å². The van der Waals surface area contributed by atoms with Crippen LogP contribution in [0.15, 0.2) is 66.1 Å². The van der Waals surface area contributed by atoms with Gasteiger partial charge in [0.15, 0.2) is 0 Å². The summed E-state index contributed by atoms with van der Waals surface area (Å²) in [6.07, 6.45) is 1.43. The molecule has 4 rings (SSSR count). The summed E-state index contributed by atoms with van der Waals surface area (Å²) < 4.78 is 7.70. The molecule has 0 fully saturated rings. The van der Waals surface area contributed by atoms with Crippen molar-refractivity contribution in [3.8, 4) is 5.75 Å². The number of aromatic nitrogens is 3. The summed E-state index contributed by atoms with van der Waals surface area (Å²) in [7, 11) is 0. The molecule has 1 aliphatic heterocycles. The van der Waals surface area contributed by atoms with Crippen molar-refractivity contribution in [2.24, 2.45) is 5.73 Å². The van der Waals surface area contributed by atoms with Crippen LogP contribution in [-0.4, -0.2) is 20.7 Å². The zero-order valence-corrected chi connectivity index (χ0v) is 15.8. The Morgan fingerprint density at radius 2 is 2.00 bits per heavy atom. The lowest BCUT2D eigenvalue weighted by atomic mass is 9.94. The van der Waals surface area contributed by atoms with Gasteiger partial charge in [0.25, 0.3) is 0 Å². The maximum Gasteiger partial charge on any atom is 0.248 e. The van der Waals surface area contributed by atoms with E-state index in [0.29, 0.717) is 34.6 Å². The zero-order valence-electron chi connectivity index (χ0n) is 15.1. The van der Waals surface area contributed by atoms with Gasteiger partial charge < -0.3 is 15.8 Å². The topological polar surface area (TPSA) is 95.1 Å². The van der Waals surface area contributed by atoms with Crippen molar-refractivity contribution in [2.75, 3.05) is 5.32 Å². The van der Waals surface area contributed by atoms with E-state index in [0.717, 1.165) is 11.1 Å². The molecule has 142 valence electrons. The van der Waals surface area contributed by atoms with Crippen LogP contribution in [0.4, 0.5) is 5.95 Å². The lowest BCUT2D eigenvalue weighted by Gasteiger charge is -2.28. The highest BCUT2D eigenvalue weighted by molar-refractivity contribution is 6.31. The van der Waals surface area contributed by atoms with Crippen LogP contribution in [-0.2, 0) is 11.4 Å². The molecule has 2 heterocycles. The quantitative estimate of drug-likeness (QED) is 0.691. The summed E-state index contributed by atoms with van der Waals surface area (Å²) in [5.41, 5.74) is 8.36. The third-order valence-corrected chi connectivity index (χ3v) is 4.98. The molecule has 0 radical (unpaired) electrons. The first-order valence-electron chi connectivity index (χ1n) is 8.68. The van der Waals surface area contributed by atoms with E-state index in [1.54, 1.807) is 11.6 Å². The van der Waals surface area contributed by atoms with E-state index < -0.39 is 11.9 Å². The number of nitrogens with zero attached hydrogens (tertiary/aromatic N) is 3. The molecule has 1 unspecified atom stereocenters. The molecule has 1 aromatic heterocycles. The van der Waals surface area contributed by atoms with Gasteiger partial charge in [-0.2, -0.15) is 10.1 Å². The molecule has 0 aliphatic carbocycles. The van der Waals surface area contributed by atoms with Crippen LogP contribution in [0.1, 0.15) is 24.1 Å². The fourth-order valence-electron chi connectivity index (χ4n) is 3.31. The molecule has 0 spiro atoms. The van der Waals surface area contributed by atoms with Gasteiger partial charge in [0.05, 0.1) is 5.57 Å². The molecule has 1 aliphatic rings. The SMILES string of the molecule is CC1=C(C(N)=O)C(c2ccccc2OCc2ccccc2Cl)n2ncnc2N1. The molecular weight excluding hydrogens is 378 g/mol. The minimum Gasteiger partial charge on any atom is -0.488 e. The van der Waals surface area contributed by atoms with Crippen molar-refractivity contribution in [3.05, 3.63) is 82.3 Å². The number of nitrogens with two attached hydrogens (primary N) is 1. The number of rotatable bonds is 5. The monoisotopic (exact) mass is 395 g/mol. The number of carbonyl (C=O) groups excluding carboxylic acids is 1. The molecular formula is C20H18ClN5O2. The summed E-state index contributed by atoms with van der Waals surface area (Å²) in [5.74, 6) is 0.618. The van der Waals surface area contributed by atoms with Gasteiger partial charge in [-0.1, -0.05) is 48.0 Å².